The molecule has 0 aliphatic carbocycles. The van der Waals surface area contributed by atoms with E-state index >= 15 is 0 Å². The predicted molar refractivity (Wildman–Crippen MR) is 96.3 cm³/mol. The van der Waals surface area contributed by atoms with E-state index in [4.69, 9.17) is 4.74 Å². The number of aliphatic hydroxyl groups is 1. The number of aliphatic hydroxyl groups excluding tert-OH is 1. The second-order valence-corrected chi connectivity index (χ2v) is 7.63. The van der Waals surface area contributed by atoms with E-state index in [1.165, 1.54) is 16.8 Å². The Kier molecular flexibility index (Phi) is 6.06. The van der Waals surface area contributed by atoms with Gasteiger partial charge in [0, 0.05) is 38.4 Å². The fourth-order valence-electron chi connectivity index (χ4n) is 2.81. The van der Waals surface area contributed by atoms with Crippen LogP contribution in [0, 0.1) is 13.8 Å². The first-order chi connectivity index (χ1) is 10.7. The highest BCUT2D eigenvalue weighted by Gasteiger charge is 2.21. The van der Waals surface area contributed by atoms with E-state index < -0.39 is 6.10 Å². The highest BCUT2D eigenvalue weighted by molar-refractivity contribution is 5.51. The number of hydrogen-bond acceptors (Lipinski definition) is 4. The summed E-state index contributed by atoms with van der Waals surface area (Å²) in [6.07, 6.45) is -0.414. The van der Waals surface area contributed by atoms with Crippen LogP contribution >= 0.6 is 0 Å². The molecule has 0 bridgehead atoms. The first-order valence-electron chi connectivity index (χ1n) is 8.61. The lowest BCUT2D eigenvalue weighted by Gasteiger charge is -2.37. The Morgan fingerprint density at radius 2 is 1.74 bits per heavy atom. The van der Waals surface area contributed by atoms with Gasteiger partial charge in [-0.3, -0.25) is 4.90 Å². The van der Waals surface area contributed by atoms with Crippen molar-refractivity contribution < 1.29 is 9.84 Å². The van der Waals surface area contributed by atoms with Crippen molar-refractivity contribution in [3.05, 3.63) is 29.3 Å². The zero-order valence-electron chi connectivity index (χ0n) is 15.3. The van der Waals surface area contributed by atoms with Gasteiger partial charge in [-0.2, -0.15) is 0 Å². The van der Waals surface area contributed by atoms with Crippen LogP contribution in [0.1, 0.15) is 31.9 Å². The standard InChI is InChI=1S/C19H32N2O2/c1-15-6-7-17(12-16(15)2)21-10-8-20(9-11-21)13-18(22)14-23-19(3,4)5/h6-7,12,18,22H,8-11,13-14H2,1-5H3. The SMILES string of the molecule is Cc1ccc(N2CCN(CC(O)COC(C)(C)C)CC2)cc1C. The summed E-state index contributed by atoms with van der Waals surface area (Å²) < 4.78 is 5.66. The summed E-state index contributed by atoms with van der Waals surface area (Å²) in [5.41, 5.74) is 3.81. The molecule has 1 heterocycles. The zero-order valence-corrected chi connectivity index (χ0v) is 15.3. The van der Waals surface area contributed by atoms with Crippen LogP contribution in [0.3, 0.4) is 0 Å². The van der Waals surface area contributed by atoms with E-state index in [0.717, 1.165) is 26.2 Å². The van der Waals surface area contributed by atoms with Gasteiger partial charge in [-0.1, -0.05) is 6.07 Å². The molecular weight excluding hydrogens is 288 g/mol. The number of nitrogens with zero attached hydrogens (tertiary/aromatic N) is 2. The minimum absolute atomic E-state index is 0.191. The first-order valence-corrected chi connectivity index (χ1v) is 8.61. The maximum Gasteiger partial charge on any atom is 0.0900 e. The summed E-state index contributed by atoms with van der Waals surface area (Å²) in [7, 11) is 0. The number of β-amino-alcohol motifs (C(OH)–C–C–N with tert-alkyl or cyclic N) is 1. The van der Waals surface area contributed by atoms with Crippen molar-refractivity contribution in [1.82, 2.24) is 4.90 Å². The number of ether oxygens (including phenoxy) is 1. The molecule has 1 aliphatic heterocycles. The number of rotatable bonds is 5. The topological polar surface area (TPSA) is 35.9 Å². The maximum absolute atomic E-state index is 10.1. The Hall–Kier alpha value is -1.10. The second kappa shape index (κ2) is 7.65. The third-order valence-electron chi connectivity index (χ3n) is 4.41. The van der Waals surface area contributed by atoms with E-state index in [-0.39, 0.29) is 5.60 Å². The molecule has 1 saturated heterocycles. The largest absolute Gasteiger partial charge is 0.389 e. The van der Waals surface area contributed by atoms with Crippen molar-refractivity contribution in [2.45, 2.75) is 46.3 Å². The fraction of sp³-hybridized carbons (Fsp3) is 0.684. The Morgan fingerprint density at radius 1 is 1.09 bits per heavy atom. The molecule has 1 aromatic carbocycles. The van der Waals surface area contributed by atoms with Crippen LogP contribution in [0.5, 0.6) is 0 Å². The molecule has 4 heteroatoms. The minimum Gasteiger partial charge on any atom is -0.389 e. The lowest BCUT2D eigenvalue weighted by Crippen LogP contribution is -2.49. The van der Waals surface area contributed by atoms with Crippen molar-refractivity contribution in [2.24, 2.45) is 0 Å². The molecule has 0 aromatic heterocycles. The van der Waals surface area contributed by atoms with Gasteiger partial charge in [-0.15, -0.1) is 0 Å². The van der Waals surface area contributed by atoms with E-state index in [9.17, 15) is 5.11 Å². The molecule has 4 nitrogen and oxygen atoms in total. The van der Waals surface area contributed by atoms with Gasteiger partial charge in [0.25, 0.3) is 0 Å². The Bertz CT molecular complexity index is 503. The summed E-state index contributed by atoms with van der Waals surface area (Å²) >= 11 is 0. The predicted octanol–water partition coefficient (Wildman–Crippen LogP) is 2.60. The first kappa shape index (κ1) is 18.2. The molecule has 2 rings (SSSR count). The van der Waals surface area contributed by atoms with Crippen LogP contribution < -0.4 is 4.90 Å². The molecule has 1 unspecified atom stereocenters. The van der Waals surface area contributed by atoms with E-state index in [2.05, 4.69) is 41.8 Å². The normalized spacial score (nSPS) is 18.3. The molecule has 1 aliphatic rings. The Balaban J connectivity index is 1.78. The monoisotopic (exact) mass is 320 g/mol. The molecule has 0 saturated carbocycles. The van der Waals surface area contributed by atoms with Gasteiger partial charge < -0.3 is 14.7 Å². The van der Waals surface area contributed by atoms with E-state index in [1.807, 2.05) is 20.8 Å². The number of aryl methyl sites for hydroxylation is 2. The summed E-state index contributed by atoms with van der Waals surface area (Å²) in [6, 6.07) is 6.69. The van der Waals surface area contributed by atoms with Crippen molar-refractivity contribution in [1.29, 1.82) is 0 Å². The van der Waals surface area contributed by atoms with Crippen molar-refractivity contribution in [3.63, 3.8) is 0 Å². The summed E-state index contributed by atoms with van der Waals surface area (Å²) in [4.78, 5) is 4.76. The lowest BCUT2D eigenvalue weighted by atomic mass is 10.1. The third kappa shape index (κ3) is 5.79. The fourth-order valence-corrected chi connectivity index (χ4v) is 2.81. The Labute approximate surface area is 141 Å². The number of benzene rings is 1. The summed E-state index contributed by atoms with van der Waals surface area (Å²) in [6.45, 7) is 15.5. The lowest BCUT2D eigenvalue weighted by molar-refractivity contribution is -0.0563. The zero-order chi connectivity index (χ0) is 17.0. The highest BCUT2D eigenvalue weighted by atomic mass is 16.5. The summed E-state index contributed by atoms with van der Waals surface area (Å²) in [5.74, 6) is 0. The molecule has 1 N–H and O–H groups in total. The molecule has 0 amide bonds. The van der Waals surface area contributed by atoms with Crippen LogP contribution in [0.15, 0.2) is 18.2 Å². The number of piperazine rings is 1. The van der Waals surface area contributed by atoms with Gasteiger partial charge in [0.15, 0.2) is 0 Å². The minimum atomic E-state index is -0.414. The Morgan fingerprint density at radius 3 is 2.30 bits per heavy atom. The molecule has 1 aromatic rings. The van der Waals surface area contributed by atoms with Gasteiger partial charge in [-0.05, 0) is 57.9 Å². The molecule has 1 atom stereocenters. The molecule has 130 valence electrons. The van der Waals surface area contributed by atoms with Crippen molar-refractivity contribution in [2.75, 3.05) is 44.2 Å². The summed E-state index contributed by atoms with van der Waals surface area (Å²) in [5, 5.41) is 10.1. The maximum atomic E-state index is 10.1. The van der Waals surface area contributed by atoms with Gasteiger partial charge >= 0.3 is 0 Å². The molecule has 0 spiro atoms. The van der Waals surface area contributed by atoms with Crippen LogP contribution in [0.2, 0.25) is 0 Å². The average Bonchev–Trinajstić information content (AvgIpc) is 2.48. The van der Waals surface area contributed by atoms with E-state index in [0.29, 0.717) is 13.2 Å². The molecule has 23 heavy (non-hydrogen) atoms. The van der Waals surface area contributed by atoms with Crippen molar-refractivity contribution in [3.8, 4) is 0 Å². The number of hydrogen-bond donors (Lipinski definition) is 1. The third-order valence-corrected chi connectivity index (χ3v) is 4.41. The average molecular weight is 320 g/mol. The van der Waals surface area contributed by atoms with Gasteiger partial charge in [0.2, 0.25) is 0 Å². The highest BCUT2D eigenvalue weighted by Crippen LogP contribution is 2.20. The molecule has 1 fully saturated rings. The van der Waals surface area contributed by atoms with Crippen molar-refractivity contribution >= 4 is 5.69 Å². The van der Waals surface area contributed by atoms with Gasteiger partial charge in [0.1, 0.15) is 0 Å². The van der Waals surface area contributed by atoms with Crippen LogP contribution in [-0.4, -0.2) is 61.0 Å². The van der Waals surface area contributed by atoms with E-state index in [1.54, 1.807) is 0 Å². The quantitative estimate of drug-likeness (QED) is 0.905. The second-order valence-electron chi connectivity index (χ2n) is 7.63. The smallest absolute Gasteiger partial charge is 0.0900 e. The van der Waals surface area contributed by atoms with Crippen LogP contribution in [0.25, 0.3) is 0 Å². The van der Waals surface area contributed by atoms with Crippen LogP contribution in [-0.2, 0) is 4.74 Å². The molecular formula is C19H32N2O2. The van der Waals surface area contributed by atoms with Crippen LogP contribution in [0.4, 0.5) is 5.69 Å². The van der Waals surface area contributed by atoms with Gasteiger partial charge in [-0.25, -0.2) is 0 Å². The molecule has 0 radical (unpaired) electrons. The number of anilines is 1. The van der Waals surface area contributed by atoms with Gasteiger partial charge in [0.05, 0.1) is 18.3 Å².